The normalized spacial score (nSPS) is 10.8. The van der Waals surface area contributed by atoms with E-state index in [0.29, 0.717) is 19.1 Å². The number of amides is 1. The molecule has 17 heavy (non-hydrogen) atoms. The van der Waals surface area contributed by atoms with E-state index in [1.54, 1.807) is 6.92 Å². The van der Waals surface area contributed by atoms with Gasteiger partial charge in [0.2, 0.25) is 5.90 Å². The molecule has 1 N–H and O–H groups in total. The molecule has 92 valence electrons. The third-order valence-electron chi connectivity index (χ3n) is 1.83. The fourth-order valence-electron chi connectivity index (χ4n) is 1.16. The molecule has 0 unspecified atom stereocenters. The quantitative estimate of drug-likeness (QED) is 0.495. The van der Waals surface area contributed by atoms with Crippen molar-refractivity contribution in [1.29, 1.82) is 0 Å². The summed E-state index contributed by atoms with van der Waals surface area (Å²) in [6.07, 6.45) is -0.597. The number of nitrogens with zero attached hydrogens (tertiary/aromatic N) is 1. The van der Waals surface area contributed by atoms with Crippen molar-refractivity contribution in [3.05, 3.63) is 35.9 Å². The Morgan fingerprint density at radius 3 is 2.41 bits per heavy atom. The smallest absolute Gasteiger partial charge is 0.427 e. The minimum atomic E-state index is -0.597. The van der Waals surface area contributed by atoms with Crippen molar-refractivity contribution in [1.82, 2.24) is 5.43 Å². The lowest BCUT2D eigenvalue weighted by atomic mass is 10.2. The highest BCUT2D eigenvalue weighted by molar-refractivity contribution is 5.94. The molecule has 0 radical (unpaired) electrons. The molecule has 1 aromatic carbocycles. The van der Waals surface area contributed by atoms with Crippen molar-refractivity contribution in [2.45, 2.75) is 13.8 Å². The second kappa shape index (κ2) is 7.27. The molecule has 0 fully saturated rings. The Morgan fingerprint density at radius 1 is 1.18 bits per heavy atom. The summed E-state index contributed by atoms with van der Waals surface area (Å²) < 4.78 is 10.0. The Hall–Kier alpha value is -2.04. The van der Waals surface area contributed by atoms with Crippen LogP contribution in [0.2, 0.25) is 0 Å². The van der Waals surface area contributed by atoms with Gasteiger partial charge in [-0.25, -0.2) is 10.2 Å². The van der Waals surface area contributed by atoms with E-state index < -0.39 is 6.09 Å². The minimum Gasteiger partial charge on any atom is -0.477 e. The van der Waals surface area contributed by atoms with Crippen LogP contribution in [0.1, 0.15) is 19.4 Å². The predicted octanol–water partition coefficient (Wildman–Crippen LogP) is 2.13. The molecule has 1 aromatic rings. The van der Waals surface area contributed by atoms with Crippen molar-refractivity contribution >= 4 is 12.0 Å². The van der Waals surface area contributed by atoms with E-state index in [1.165, 1.54) is 0 Å². The Bertz CT molecular complexity index is 377. The van der Waals surface area contributed by atoms with E-state index in [9.17, 15) is 4.79 Å². The number of rotatable bonds is 4. The van der Waals surface area contributed by atoms with Crippen LogP contribution in [0.15, 0.2) is 35.4 Å². The lowest BCUT2D eigenvalue weighted by Crippen LogP contribution is -2.22. The Kier molecular flexibility index (Phi) is 5.57. The van der Waals surface area contributed by atoms with Crippen molar-refractivity contribution in [3.8, 4) is 0 Å². The summed E-state index contributed by atoms with van der Waals surface area (Å²) in [6.45, 7) is 4.35. The summed E-state index contributed by atoms with van der Waals surface area (Å²) in [6, 6.07) is 9.33. The van der Waals surface area contributed by atoms with E-state index in [0.717, 1.165) is 5.56 Å². The molecular weight excluding hydrogens is 220 g/mol. The molecule has 0 spiro atoms. The number of nitrogens with one attached hydrogen (secondary N) is 1. The number of carbonyl (C=O) groups is 1. The van der Waals surface area contributed by atoms with Gasteiger partial charge in [-0.05, 0) is 26.0 Å². The Balaban J connectivity index is 2.72. The van der Waals surface area contributed by atoms with Crippen LogP contribution >= 0.6 is 0 Å². The fourth-order valence-corrected chi connectivity index (χ4v) is 1.16. The van der Waals surface area contributed by atoms with Gasteiger partial charge in [0, 0.05) is 5.56 Å². The SMILES string of the molecule is CCOC(=O)N/N=C(\OCC)c1ccccc1. The van der Waals surface area contributed by atoms with Crippen molar-refractivity contribution in [2.24, 2.45) is 5.10 Å². The largest absolute Gasteiger partial charge is 0.477 e. The van der Waals surface area contributed by atoms with Crippen LogP contribution in [-0.2, 0) is 9.47 Å². The van der Waals surface area contributed by atoms with Crippen LogP contribution in [-0.4, -0.2) is 25.2 Å². The zero-order chi connectivity index (χ0) is 12.5. The zero-order valence-corrected chi connectivity index (χ0v) is 9.97. The first-order valence-electron chi connectivity index (χ1n) is 5.46. The number of benzene rings is 1. The predicted molar refractivity (Wildman–Crippen MR) is 64.8 cm³/mol. The molecule has 5 nitrogen and oxygen atoms in total. The van der Waals surface area contributed by atoms with Crippen molar-refractivity contribution < 1.29 is 14.3 Å². The van der Waals surface area contributed by atoms with E-state index >= 15 is 0 Å². The first-order valence-corrected chi connectivity index (χ1v) is 5.46. The second-order valence-electron chi connectivity index (χ2n) is 3.05. The maximum Gasteiger partial charge on any atom is 0.427 e. The molecule has 0 heterocycles. The number of ether oxygens (including phenoxy) is 2. The van der Waals surface area contributed by atoms with Crippen molar-refractivity contribution in [2.75, 3.05) is 13.2 Å². The molecule has 1 rings (SSSR count). The highest BCUT2D eigenvalue weighted by Gasteiger charge is 2.05. The third kappa shape index (κ3) is 4.55. The van der Waals surface area contributed by atoms with E-state index in [1.807, 2.05) is 37.3 Å². The summed E-state index contributed by atoms with van der Waals surface area (Å²) in [4.78, 5) is 11.1. The molecule has 0 bridgehead atoms. The first kappa shape index (κ1) is 13.0. The fraction of sp³-hybridized carbons (Fsp3) is 0.333. The average molecular weight is 236 g/mol. The van der Waals surface area contributed by atoms with Crippen LogP contribution in [0.4, 0.5) is 4.79 Å². The molecule has 0 aromatic heterocycles. The topological polar surface area (TPSA) is 59.9 Å². The third-order valence-corrected chi connectivity index (χ3v) is 1.83. The first-order chi connectivity index (χ1) is 8.27. The van der Waals surface area contributed by atoms with Gasteiger partial charge in [-0.15, -0.1) is 5.10 Å². The molecule has 0 aliphatic rings. The number of hydrogen-bond donors (Lipinski definition) is 1. The van der Waals surface area contributed by atoms with Gasteiger partial charge in [0.25, 0.3) is 0 Å². The van der Waals surface area contributed by atoms with Gasteiger partial charge in [0.1, 0.15) is 0 Å². The number of hydrogen-bond acceptors (Lipinski definition) is 4. The van der Waals surface area contributed by atoms with Crippen LogP contribution in [0.5, 0.6) is 0 Å². The Labute approximate surface area is 100 Å². The van der Waals surface area contributed by atoms with Gasteiger partial charge in [0.15, 0.2) is 0 Å². The van der Waals surface area contributed by atoms with Crippen molar-refractivity contribution in [3.63, 3.8) is 0 Å². The number of carbonyl (C=O) groups excluding carboxylic acids is 1. The molecule has 0 saturated carbocycles. The maximum absolute atomic E-state index is 11.1. The summed E-state index contributed by atoms with van der Waals surface area (Å²) in [7, 11) is 0. The highest BCUT2D eigenvalue weighted by Crippen LogP contribution is 2.02. The summed E-state index contributed by atoms with van der Waals surface area (Å²) in [5.41, 5.74) is 3.07. The summed E-state index contributed by atoms with van der Waals surface area (Å²) in [5, 5.41) is 3.87. The van der Waals surface area contributed by atoms with Gasteiger partial charge < -0.3 is 9.47 Å². The minimum absolute atomic E-state index is 0.302. The molecule has 0 aliphatic carbocycles. The summed E-state index contributed by atoms with van der Waals surface area (Å²) in [5.74, 6) is 0.362. The summed E-state index contributed by atoms with van der Waals surface area (Å²) >= 11 is 0. The second-order valence-corrected chi connectivity index (χ2v) is 3.05. The Morgan fingerprint density at radius 2 is 1.82 bits per heavy atom. The molecule has 5 heteroatoms. The standard InChI is InChI=1S/C12H16N2O3/c1-3-16-11(10-8-6-5-7-9-10)13-14-12(15)17-4-2/h5-9H,3-4H2,1-2H3,(H,14,15)/b13-11-. The molecule has 1 amide bonds. The lowest BCUT2D eigenvalue weighted by Gasteiger charge is -2.07. The van der Waals surface area contributed by atoms with E-state index in [2.05, 4.69) is 10.5 Å². The van der Waals surface area contributed by atoms with Gasteiger partial charge in [-0.3, -0.25) is 0 Å². The van der Waals surface area contributed by atoms with Gasteiger partial charge in [0.05, 0.1) is 13.2 Å². The lowest BCUT2D eigenvalue weighted by molar-refractivity contribution is 0.152. The molecule has 0 saturated heterocycles. The van der Waals surface area contributed by atoms with Gasteiger partial charge >= 0.3 is 6.09 Å². The number of hydrazone groups is 1. The van der Waals surface area contributed by atoms with Crippen LogP contribution in [0.3, 0.4) is 0 Å². The van der Waals surface area contributed by atoms with Gasteiger partial charge in [-0.1, -0.05) is 18.2 Å². The molecular formula is C12H16N2O3. The molecule has 0 atom stereocenters. The monoisotopic (exact) mass is 236 g/mol. The van der Waals surface area contributed by atoms with Crippen LogP contribution < -0.4 is 5.43 Å². The zero-order valence-electron chi connectivity index (χ0n) is 9.97. The van der Waals surface area contributed by atoms with E-state index in [4.69, 9.17) is 9.47 Å². The average Bonchev–Trinajstić information content (AvgIpc) is 2.36. The van der Waals surface area contributed by atoms with Crippen LogP contribution in [0.25, 0.3) is 0 Å². The van der Waals surface area contributed by atoms with E-state index in [-0.39, 0.29) is 0 Å². The highest BCUT2D eigenvalue weighted by atomic mass is 16.6. The van der Waals surface area contributed by atoms with Crippen LogP contribution in [0, 0.1) is 0 Å². The maximum atomic E-state index is 11.1. The van der Waals surface area contributed by atoms with Gasteiger partial charge in [-0.2, -0.15) is 0 Å². The molecule has 0 aliphatic heterocycles.